The van der Waals surface area contributed by atoms with E-state index in [0.29, 0.717) is 19.6 Å². The summed E-state index contributed by atoms with van der Waals surface area (Å²) in [6, 6.07) is 9.36. The van der Waals surface area contributed by atoms with Crippen LogP contribution in [0.3, 0.4) is 0 Å². The number of ether oxygens (including phenoxy) is 1. The van der Waals surface area contributed by atoms with Crippen molar-refractivity contribution in [3.8, 4) is 0 Å². The van der Waals surface area contributed by atoms with Crippen LogP contribution in [0, 0.1) is 5.41 Å². The second-order valence-electron chi connectivity index (χ2n) is 6.20. The van der Waals surface area contributed by atoms with Crippen LogP contribution in [-0.4, -0.2) is 45.3 Å². The summed E-state index contributed by atoms with van der Waals surface area (Å²) in [5, 5.41) is 6.37. The Hall–Kier alpha value is -1.43. The van der Waals surface area contributed by atoms with Crippen molar-refractivity contribution >= 4 is 5.91 Å². The number of hydrogen-bond donors (Lipinski definition) is 3. The molecule has 4 N–H and O–H groups in total. The van der Waals surface area contributed by atoms with E-state index in [9.17, 15) is 4.79 Å². The predicted molar refractivity (Wildman–Crippen MR) is 87.5 cm³/mol. The van der Waals surface area contributed by atoms with Crippen molar-refractivity contribution in [2.75, 3.05) is 33.4 Å². The Morgan fingerprint density at radius 3 is 2.68 bits per heavy atom. The predicted octanol–water partition coefficient (Wildman–Crippen LogP) is 0.689. The van der Waals surface area contributed by atoms with Crippen molar-refractivity contribution in [3.05, 3.63) is 35.9 Å². The summed E-state index contributed by atoms with van der Waals surface area (Å²) in [6.45, 7) is 3.23. The Morgan fingerprint density at radius 1 is 1.36 bits per heavy atom. The lowest BCUT2D eigenvalue weighted by Gasteiger charge is -2.37. The van der Waals surface area contributed by atoms with Gasteiger partial charge in [-0.2, -0.15) is 0 Å². The molecule has 0 bridgehead atoms. The monoisotopic (exact) mass is 305 g/mol. The van der Waals surface area contributed by atoms with Gasteiger partial charge in [0.05, 0.1) is 12.6 Å². The van der Waals surface area contributed by atoms with E-state index in [0.717, 1.165) is 31.5 Å². The summed E-state index contributed by atoms with van der Waals surface area (Å²) < 4.78 is 5.36. The minimum Gasteiger partial charge on any atom is -0.384 e. The molecule has 0 aliphatic carbocycles. The number of methoxy groups -OCH3 is 1. The molecule has 1 aliphatic heterocycles. The van der Waals surface area contributed by atoms with E-state index in [1.807, 2.05) is 30.3 Å². The molecule has 2 rings (SSSR count). The maximum atomic E-state index is 12.2. The molecule has 1 heterocycles. The van der Waals surface area contributed by atoms with Crippen LogP contribution < -0.4 is 16.4 Å². The van der Waals surface area contributed by atoms with E-state index < -0.39 is 6.04 Å². The highest BCUT2D eigenvalue weighted by Gasteiger charge is 2.32. The van der Waals surface area contributed by atoms with Gasteiger partial charge in [-0.1, -0.05) is 30.3 Å². The van der Waals surface area contributed by atoms with E-state index in [2.05, 4.69) is 10.6 Å². The topological polar surface area (TPSA) is 76.4 Å². The molecular weight excluding hydrogens is 278 g/mol. The van der Waals surface area contributed by atoms with Crippen LogP contribution in [0.25, 0.3) is 0 Å². The Morgan fingerprint density at radius 2 is 2.05 bits per heavy atom. The molecule has 1 unspecified atom stereocenters. The third kappa shape index (κ3) is 4.80. The van der Waals surface area contributed by atoms with E-state index in [1.165, 1.54) is 0 Å². The molecule has 0 spiro atoms. The zero-order valence-electron chi connectivity index (χ0n) is 13.3. The van der Waals surface area contributed by atoms with E-state index in [1.54, 1.807) is 7.11 Å². The molecule has 1 aromatic rings. The molecular formula is C17H27N3O2. The Kier molecular flexibility index (Phi) is 6.36. The van der Waals surface area contributed by atoms with Crippen molar-refractivity contribution in [2.24, 2.45) is 11.1 Å². The number of carbonyl (C=O) groups excluding carboxylic acids is 1. The minimum absolute atomic E-state index is 0.0299. The van der Waals surface area contributed by atoms with Gasteiger partial charge in [-0.05, 0) is 37.9 Å². The molecule has 1 aromatic carbocycles. The van der Waals surface area contributed by atoms with Crippen LogP contribution in [0.15, 0.2) is 30.3 Å². The van der Waals surface area contributed by atoms with Gasteiger partial charge in [0.25, 0.3) is 0 Å². The van der Waals surface area contributed by atoms with E-state index in [-0.39, 0.29) is 11.3 Å². The first-order valence-electron chi connectivity index (χ1n) is 7.92. The maximum Gasteiger partial charge on any atom is 0.237 e. The van der Waals surface area contributed by atoms with Crippen molar-refractivity contribution in [1.29, 1.82) is 0 Å². The normalized spacial score (nSPS) is 18.6. The number of rotatable bonds is 7. The molecule has 22 heavy (non-hydrogen) atoms. The highest BCUT2D eigenvalue weighted by atomic mass is 16.5. The fourth-order valence-corrected chi connectivity index (χ4v) is 3.00. The smallest absolute Gasteiger partial charge is 0.237 e. The molecule has 122 valence electrons. The lowest BCUT2D eigenvalue weighted by molar-refractivity contribution is -0.123. The van der Waals surface area contributed by atoms with Gasteiger partial charge in [-0.3, -0.25) is 4.79 Å². The SMILES string of the molecule is COCC1(CNC(=O)C(N)Cc2ccccc2)CCNCC1. The van der Waals surface area contributed by atoms with Gasteiger partial charge in [0.1, 0.15) is 0 Å². The molecule has 0 aromatic heterocycles. The van der Waals surface area contributed by atoms with Gasteiger partial charge in [0.2, 0.25) is 5.91 Å². The fourth-order valence-electron chi connectivity index (χ4n) is 3.00. The number of amides is 1. The summed E-state index contributed by atoms with van der Waals surface area (Å²) in [6.07, 6.45) is 2.58. The van der Waals surface area contributed by atoms with Crippen LogP contribution in [0.4, 0.5) is 0 Å². The van der Waals surface area contributed by atoms with Crippen molar-refractivity contribution < 1.29 is 9.53 Å². The van der Waals surface area contributed by atoms with E-state index >= 15 is 0 Å². The molecule has 1 fully saturated rings. The lowest BCUT2D eigenvalue weighted by atomic mass is 9.79. The standard InChI is InChI=1S/C17H27N3O2/c1-22-13-17(7-9-19-10-8-17)12-20-16(21)15(18)11-14-5-3-2-4-6-14/h2-6,15,19H,7-13,18H2,1H3,(H,20,21). The third-order valence-electron chi connectivity index (χ3n) is 4.39. The molecule has 5 nitrogen and oxygen atoms in total. The minimum atomic E-state index is -0.510. The second kappa shape index (κ2) is 8.27. The third-order valence-corrected chi connectivity index (χ3v) is 4.39. The van der Waals surface area contributed by atoms with Gasteiger partial charge < -0.3 is 21.1 Å². The van der Waals surface area contributed by atoms with Crippen LogP contribution >= 0.6 is 0 Å². The zero-order valence-corrected chi connectivity index (χ0v) is 13.3. The summed E-state index contributed by atoms with van der Waals surface area (Å²) in [5.41, 5.74) is 7.14. The van der Waals surface area contributed by atoms with Gasteiger partial charge in [-0.25, -0.2) is 0 Å². The summed E-state index contributed by atoms with van der Waals surface area (Å²) in [4.78, 5) is 12.2. The molecule has 1 saturated heterocycles. The molecule has 1 atom stereocenters. The molecule has 0 radical (unpaired) electrons. The van der Waals surface area contributed by atoms with Crippen molar-refractivity contribution in [2.45, 2.75) is 25.3 Å². The first-order valence-corrected chi connectivity index (χ1v) is 7.92. The first kappa shape index (κ1) is 16.9. The van der Waals surface area contributed by atoms with Crippen LogP contribution in [-0.2, 0) is 16.0 Å². The number of carbonyl (C=O) groups is 1. The summed E-state index contributed by atoms with van der Waals surface area (Å²) in [5.74, 6) is -0.0853. The van der Waals surface area contributed by atoms with Gasteiger partial charge in [-0.15, -0.1) is 0 Å². The zero-order chi connectivity index (χ0) is 15.8. The molecule has 1 amide bonds. The van der Waals surface area contributed by atoms with Gasteiger partial charge in [0, 0.05) is 19.1 Å². The largest absolute Gasteiger partial charge is 0.384 e. The van der Waals surface area contributed by atoms with E-state index in [4.69, 9.17) is 10.5 Å². The van der Waals surface area contributed by atoms with Crippen LogP contribution in [0.5, 0.6) is 0 Å². The average molecular weight is 305 g/mol. The number of piperidine rings is 1. The number of hydrogen-bond acceptors (Lipinski definition) is 4. The maximum absolute atomic E-state index is 12.2. The van der Waals surface area contributed by atoms with Crippen molar-refractivity contribution in [1.82, 2.24) is 10.6 Å². The average Bonchev–Trinajstić information content (AvgIpc) is 2.55. The number of nitrogens with two attached hydrogens (primary N) is 1. The number of benzene rings is 1. The Balaban J connectivity index is 1.85. The fraction of sp³-hybridized carbons (Fsp3) is 0.588. The Bertz CT molecular complexity index is 453. The van der Waals surface area contributed by atoms with Crippen LogP contribution in [0.2, 0.25) is 0 Å². The van der Waals surface area contributed by atoms with Crippen LogP contribution in [0.1, 0.15) is 18.4 Å². The lowest BCUT2D eigenvalue weighted by Crippen LogP contribution is -2.50. The number of nitrogens with one attached hydrogen (secondary N) is 2. The molecule has 5 heteroatoms. The quantitative estimate of drug-likeness (QED) is 0.693. The molecule has 0 saturated carbocycles. The summed E-state index contributed by atoms with van der Waals surface area (Å²) in [7, 11) is 1.72. The van der Waals surface area contributed by atoms with Gasteiger partial charge in [0.15, 0.2) is 0 Å². The summed E-state index contributed by atoms with van der Waals surface area (Å²) >= 11 is 0. The highest BCUT2D eigenvalue weighted by Crippen LogP contribution is 2.28. The Labute approximate surface area is 132 Å². The first-order chi connectivity index (χ1) is 10.7. The highest BCUT2D eigenvalue weighted by molar-refractivity contribution is 5.81. The molecule has 1 aliphatic rings. The second-order valence-corrected chi connectivity index (χ2v) is 6.20. The van der Waals surface area contributed by atoms with Crippen molar-refractivity contribution in [3.63, 3.8) is 0 Å². The van der Waals surface area contributed by atoms with Gasteiger partial charge >= 0.3 is 0 Å².